The number of carboxylic acid groups (broad SMARTS) is 3. The molecular formula is C62H54O15S3. The lowest BCUT2D eigenvalue weighted by atomic mass is 9.70. The minimum absolute atomic E-state index is 0.0113. The molecule has 4 aliphatic rings. The fourth-order valence-electron chi connectivity index (χ4n) is 11.2. The van der Waals surface area contributed by atoms with Gasteiger partial charge < -0.3 is 27.9 Å². The molecule has 0 aromatic heterocycles. The van der Waals surface area contributed by atoms with Crippen LogP contribution in [0.1, 0.15) is 89.6 Å². The number of carbonyl (C=O) groups is 3. The molecule has 18 heteroatoms. The topological polar surface area (TPSA) is 242 Å². The average Bonchev–Trinajstić information content (AvgIpc) is 3.48. The first-order chi connectivity index (χ1) is 38.0. The predicted octanol–water partition coefficient (Wildman–Crippen LogP) is 10.8. The fourth-order valence-corrected chi connectivity index (χ4v) is 14.9. The molecule has 6 atom stereocenters. The second kappa shape index (κ2) is 21.1. The minimum Gasteiger partial charge on any atom is -0.481 e. The smallest absolute Gasteiger partial charge is 0.339 e. The van der Waals surface area contributed by atoms with Gasteiger partial charge in [-0.15, -0.1) is 0 Å². The van der Waals surface area contributed by atoms with E-state index in [9.17, 15) is 55.0 Å². The lowest BCUT2D eigenvalue weighted by molar-refractivity contribution is -0.143. The summed E-state index contributed by atoms with van der Waals surface area (Å²) < 4.78 is 100. The van der Waals surface area contributed by atoms with E-state index < -0.39 is 88.7 Å². The summed E-state index contributed by atoms with van der Waals surface area (Å²) in [5.41, 5.74) is 3.76. The molecule has 3 N–H and O–H groups in total. The van der Waals surface area contributed by atoms with E-state index in [2.05, 4.69) is 0 Å². The number of benzene rings is 6. The second-order valence-corrected chi connectivity index (χ2v) is 25.4. The molecule has 0 spiro atoms. The lowest BCUT2D eigenvalue weighted by Gasteiger charge is -2.34. The van der Waals surface area contributed by atoms with Crippen LogP contribution in [0.5, 0.6) is 17.2 Å². The van der Waals surface area contributed by atoms with Crippen molar-refractivity contribution in [3.05, 3.63) is 231 Å². The van der Waals surface area contributed by atoms with Gasteiger partial charge in [-0.1, -0.05) is 147 Å². The van der Waals surface area contributed by atoms with Gasteiger partial charge in [-0.05, 0) is 125 Å². The molecule has 10 rings (SSSR count). The van der Waals surface area contributed by atoms with Gasteiger partial charge in [0.1, 0.15) is 27.0 Å². The highest BCUT2D eigenvalue weighted by Gasteiger charge is 2.43. The summed E-state index contributed by atoms with van der Waals surface area (Å²) >= 11 is 0. The van der Waals surface area contributed by atoms with Crippen molar-refractivity contribution in [3.63, 3.8) is 0 Å². The summed E-state index contributed by atoms with van der Waals surface area (Å²) in [6, 6.07) is 36.6. The molecule has 0 aliphatic heterocycles. The Morgan fingerprint density at radius 3 is 1.55 bits per heavy atom. The zero-order valence-corrected chi connectivity index (χ0v) is 45.8. The van der Waals surface area contributed by atoms with Gasteiger partial charge in [0.25, 0.3) is 0 Å². The number of hydrogen-bond donors (Lipinski definition) is 3. The largest absolute Gasteiger partial charge is 0.481 e. The highest BCUT2D eigenvalue weighted by molar-refractivity contribution is 7.91. The molecule has 0 radical (unpaired) electrons. The van der Waals surface area contributed by atoms with Crippen LogP contribution >= 0.6 is 0 Å². The van der Waals surface area contributed by atoms with Crippen molar-refractivity contribution in [3.8, 4) is 17.2 Å². The quantitative estimate of drug-likeness (QED) is 0.0437. The minimum atomic E-state index is -4.48. The Balaban J connectivity index is 0.940. The Morgan fingerprint density at radius 1 is 0.512 bits per heavy atom. The summed E-state index contributed by atoms with van der Waals surface area (Å²) in [6.45, 7) is 5.98. The zero-order valence-electron chi connectivity index (χ0n) is 43.4. The van der Waals surface area contributed by atoms with Crippen molar-refractivity contribution in [1.29, 1.82) is 0 Å². The third-order valence-electron chi connectivity index (χ3n) is 15.7. The predicted molar refractivity (Wildman–Crippen MR) is 298 cm³/mol. The monoisotopic (exact) mass is 1130 g/mol. The molecule has 4 aliphatic carbocycles. The van der Waals surface area contributed by atoms with E-state index in [1.807, 2.05) is 45.0 Å². The molecule has 0 saturated heterocycles. The van der Waals surface area contributed by atoms with Crippen LogP contribution in [0.3, 0.4) is 0 Å². The van der Waals surface area contributed by atoms with Crippen LogP contribution in [0.4, 0.5) is 0 Å². The van der Waals surface area contributed by atoms with Gasteiger partial charge in [0, 0.05) is 28.2 Å². The van der Waals surface area contributed by atoms with Crippen LogP contribution in [-0.4, -0.2) is 58.5 Å². The highest BCUT2D eigenvalue weighted by Crippen LogP contribution is 2.45. The van der Waals surface area contributed by atoms with Crippen molar-refractivity contribution in [2.45, 2.75) is 66.6 Å². The number of fused-ring (bicyclic) bond motifs is 3. The molecule has 6 aromatic carbocycles. The second-order valence-electron chi connectivity index (χ2n) is 20.8. The Morgan fingerprint density at radius 2 is 1.01 bits per heavy atom. The Kier molecular flexibility index (Phi) is 14.5. The van der Waals surface area contributed by atoms with Gasteiger partial charge in [0.15, 0.2) is 0 Å². The van der Waals surface area contributed by atoms with Crippen molar-refractivity contribution >= 4 is 60.4 Å². The van der Waals surface area contributed by atoms with Crippen LogP contribution in [0.15, 0.2) is 191 Å². The lowest BCUT2D eigenvalue weighted by Crippen LogP contribution is -2.36. The first-order valence-electron chi connectivity index (χ1n) is 25.6. The van der Waals surface area contributed by atoms with Crippen LogP contribution < -0.4 is 12.5 Å². The molecule has 410 valence electrons. The van der Waals surface area contributed by atoms with Crippen molar-refractivity contribution in [2.75, 3.05) is 0 Å². The molecule has 15 nitrogen and oxygen atoms in total. The van der Waals surface area contributed by atoms with Gasteiger partial charge in [-0.3, -0.25) is 14.4 Å². The van der Waals surface area contributed by atoms with Gasteiger partial charge in [-0.2, -0.15) is 25.3 Å². The normalized spacial score (nSPS) is 20.2. The van der Waals surface area contributed by atoms with E-state index in [1.165, 1.54) is 60.7 Å². The summed E-state index contributed by atoms with van der Waals surface area (Å²) in [6.07, 6.45) is 15.0. The maximum atomic E-state index is 14.0. The van der Waals surface area contributed by atoms with Crippen LogP contribution in [0.2, 0.25) is 0 Å². The van der Waals surface area contributed by atoms with Crippen LogP contribution in [0, 0.1) is 23.7 Å². The maximum Gasteiger partial charge on any atom is 0.339 e. The number of aliphatic carboxylic acids is 3. The number of carboxylic acids is 3. The summed E-state index contributed by atoms with van der Waals surface area (Å²) in [5, 5.41) is 29.4. The Hall–Kier alpha value is -8.32. The highest BCUT2D eigenvalue weighted by atomic mass is 32.2. The van der Waals surface area contributed by atoms with Gasteiger partial charge in [-0.25, -0.2) is 0 Å². The first-order valence-corrected chi connectivity index (χ1v) is 29.8. The number of hydrogen-bond acceptors (Lipinski definition) is 12. The maximum absolute atomic E-state index is 14.0. The first kappa shape index (κ1) is 55.0. The van der Waals surface area contributed by atoms with E-state index in [0.29, 0.717) is 27.8 Å². The summed E-state index contributed by atoms with van der Waals surface area (Å²) in [7, 11) is -13.3. The van der Waals surface area contributed by atoms with Crippen LogP contribution in [-0.2, 0) is 62.0 Å². The van der Waals surface area contributed by atoms with Gasteiger partial charge in [0.2, 0.25) is 0 Å². The molecule has 0 saturated carbocycles. The average molecular weight is 1140 g/mol. The van der Waals surface area contributed by atoms with E-state index in [-0.39, 0.29) is 56.8 Å². The van der Waals surface area contributed by atoms with Gasteiger partial charge >= 0.3 is 48.3 Å². The summed E-state index contributed by atoms with van der Waals surface area (Å²) in [5.74, 6) is -7.09. The van der Waals surface area contributed by atoms with Crippen molar-refractivity contribution < 1.29 is 67.5 Å². The van der Waals surface area contributed by atoms with E-state index in [4.69, 9.17) is 12.5 Å². The molecule has 0 fully saturated rings. The third-order valence-corrected chi connectivity index (χ3v) is 19.8. The molecule has 0 bridgehead atoms. The molecule has 0 amide bonds. The standard InChI is InChI=1S/C62H54O15S3/c1-61(2,42-24-30-46(31-25-42)75-78(69,70)54-16-6-11-39-37-40(58(63)64)19-36-49(39)54)41-20-22-43(23-21-41)62(3,44-26-32-47(33-27-44)76-79(71,72)55-17-8-12-50-51(55)13-7-14-52(50)59(65)66)45-28-34-48(35-29-45)77-80(73,74)56-18-5-10-38-9-4-15-53(57(38)56)60(67)68/h4-13,16-36,38,40,52-53,57H,14-15,37H2,1-3H3,(H,63,64)(H,65,66)(H,67,68)/t38-,40?,52?,53?,57-,62+/m1/s1. The SMILES string of the molecule is CC(C)(c1ccc(OS(=O)(=O)c2cccc3c2C=CC(C(=O)O)C3)cc1)c1ccc([C@](C)(c2ccc(OS(=O)(=O)C3=CC=C[C@H]4C=CCC(C(=O)O)[C@H]34)cc2)c2ccc(OS(=O)(=O)c3cccc4c3C=CCC4C(=O)O)cc2)cc1. The van der Waals surface area contributed by atoms with Gasteiger partial charge in [0.05, 0.1) is 22.7 Å². The molecule has 3 unspecified atom stereocenters. The number of allylic oxidation sites excluding steroid dienone is 7. The fraction of sp³-hybridized carbons (Fsp3) is 0.210. The molecular weight excluding hydrogens is 1080 g/mol. The van der Waals surface area contributed by atoms with E-state index in [1.54, 1.807) is 103 Å². The third kappa shape index (κ3) is 10.4. The van der Waals surface area contributed by atoms with E-state index in [0.717, 1.165) is 16.7 Å². The Labute approximate surface area is 463 Å². The molecule has 0 heterocycles. The number of rotatable bonds is 17. The van der Waals surface area contributed by atoms with Crippen molar-refractivity contribution in [2.24, 2.45) is 23.7 Å². The molecule has 80 heavy (non-hydrogen) atoms. The van der Waals surface area contributed by atoms with Crippen molar-refractivity contribution in [1.82, 2.24) is 0 Å². The molecule has 6 aromatic rings. The van der Waals surface area contributed by atoms with Crippen LogP contribution in [0.25, 0.3) is 12.2 Å². The van der Waals surface area contributed by atoms with E-state index >= 15 is 0 Å². The Bertz CT molecular complexity index is 3970. The summed E-state index contributed by atoms with van der Waals surface area (Å²) in [4.78, 5) is 35.6. The zero-order chi connectivity index (χ0) is 56.9.